The van der Waals surface area contributed by atoms with E-state index >= 15 is 0 Å². The van der Waals surface area contributed by atoms with Crippen LogP contribution in [0.25, 0.3) is 10.9 Å². The van der Waals surface area contributed by atoms with E-state index in [0.717, 1.165) is 27.8 Å². The Balaban J connectivity index is 1.74. The molecule has 4 nitrogen and oxygen atoms in total. The van der Waals surface area contributed by atoms with E-state index in [-0.39, 0.29) is 5.91 Å². The normalized spacial score (nSPS) is 10.7. The van der Waals surface area contributed by atoms with Crippen LogP contribution in [0.4, 0.5) is 5.69 Å². The minimum absolute atomic E-state index is 0.0556. The summed E-state index contributed by atoms with van der Waals surface area (Å²) in [4.78, 5) is 17.7. The summed E-state index contributed by atoms with van der Waals surface area (Å²) < 4.78 is 0. The molecule has 0 aliphatic rings. The van der Waals surface area contributed by atoms with Gasteiger partial charge < -0.3 is 15.2 Å². The van der Waals surface area contributed by atoms with E-state index in [4.69, 9.17) is 0 Å². The number of carbonyl (C=O) groups excluding carboxylic acids is 1. The Kier molecular flexibility index (Phi) is 4.06. The Bertz CT molecular complexity index is 831. The Morgan fingerprint density at radius 2 is 1.78 bits per heavy atom. The second kappa shape index (κ2) is 6.16. The first-order valence-electron chi connectivity index (χ1n) is 7.68. The van der Waals surface area contributed by atoms with Gasteiger partial charge in [0.05, 0.1) is 0 Å². The number of aryl methyl sites for hydroxylation is 1. The zero-order valence-electron chi connectivity index (χ0n) is 13.7. The standard InChI is InChI=1S/C19H21N3O/c1-13-17(16-6-4-5-7-18(16)21-13)12-20-19(23)14-8-10-15(11-9-14)22(2)3/h4-11,21H,12H2,1-3H3,(H,20,23). The average molecular weight is 307 g/mol. The molecular weight excluding hydrogens is 286 g/mol. The van der Waals surface area contributed by atoms with Crippen LogP contribution >= 0.6 is 0 Å². The van der Waals surface area contributed by atoms with Crippen LogP contribution in [-0.4, -0.2) is 25.0 Å². The number of nitrogens with one attached hydrogen (secondary N) is 2. The maximum absolute atomic E-state index is 12.3. The van der Waals surface area contributed by atoms with Gasteiger partial charge in [-0.1, -0.05) is 18.2 Å². The number of rotatable bonds is 4. The number of amides is 1. The largest absolute Gasteiger partial charge is 0.378 e. The van der Waals surface area contributed by atoms with Crippen molar-refractivity contribution < 1.29 is 4.79 Å². The number of hydrogen-bond donors (Lipinski definition) is 2. The number of benzene rings is 2. The molecule has 118 valence electrons. The Morgan fingerprint density at radius 1 is 1.09 bits per heavy atom. The summed E-state index contributed by atoms with van der Waals surface area (Å²) in [7, 11) is 3.96. The van der Waals surface area contributed by atoms with Gasteiger partial charge in [-0.05, 0) is 42.8 Å². The summed E-state index contributed by atoms with van der Waals surface area (Å²) in [6, 6.07) is 15.8. The number of hydrogen-bond acceptors (Lipinski definition) is 2. The lowest BCUT2D eigenvalue weighted by molar-refractivity contribution is 0.0951. The second-order valence-corrected chi connectivity index (χ2v) is 5.90. The van der Waals surface area contributed by atoms with Crippen molar-refractivity contribution in [1.29, 1.82) is 0 Å². The number of H-pyrrole nitrogens is 1. The monoisotopic (exact) mass is 307 g/mol. The molecule has 0 atom stereocenters. The van der Waals surface area contributed by atoms with Crippen molar-refractivity contribution in [3.8, 4) is 0 Å². The van der Waals surface area contributed by atoms with Crippen LogP contribution in [0.3, 0.4) is 0 Å². The third-order valence-corrected chi connectivity index (χ3v) is 4.10. The Morgan fingerprint density at radius 3 is 2.48 bits per heavy atom. The van der Waals surface area contributed by atoms with Gasteiger partial charge in [-0.15, -0.1) is 0 Å². The predicted octanol–water partition coefficient (Wildman–Crippen LogP) is 3.47. The van der Waals surface area contributed by atoms with Gasteiger partial charge in [-0.3, -0.25) is 4.79 Å². The average Bonchev–Trinajstić information content (AvgIpc) is 2.88. The molecule has 1 aromatic heterocycles. The lowest BCUT2D eigenvalue weighted by atomic mass is 10.1. The highest BCUT2D eigenvalue weighted by Gasteiger charge is 2.10. The smallest absolute Gasteiger partial charge is 0.251 e. The van der Waals surface area contributed by atoms with Crippen molar-refractivity contribution in [2.24, 2.45) is 0 Å². The van der Waals surface area contributed by atoms with E-state index in [1.54, 1.807) is 0 Å². The topological polar surface area (TPSA) is 48.1 Å². The van der Waals surface area contributed by atoms with Crippen molar-refractivity contribution in [3.63, 3.8) is 0 Å². The number of aromatic nitrogens is 1. The first kappa shape index (κ1) is 15.2. The van der Waals surface area contributed by atoms with Gasteiger partial charge in [-0.2, -0.15) is 0 Å². The fraction of sp³-hybridized carbons (Fsp3) is 0.211. The zero-order chi connectivity index (χ0) is 16.4. The summed E-state index contributed by atoms with van der Waals surface area (Å²) in [6.45, 7) is 2.55. The molecule has 3 rings (SSSR count). The molecule has 0 aliphatic heterocycles. The summed E-state index contributed by atoms with van der Waals surface area (Å²) in [5, 5.41) is 4.17. The van der Waals surface area contributed by atoms with Crippen molar-refractivity contribution in [2.75, 3.05) is 19.0 Å². The summed E-state index contributed by atoms with van der Waals surface area (Å²) in [5.74, 6) is -0.0556. The highest BCUT2D eigenvalue weighted by molar-refractivity contribution is 5.95. The SMILES string of the molecule is Cc1[nH]c2ccccc2c1CNC(=O)c1ccc(N(C)C)cc1. The van der Waals surface area contributed by atoms with Gasteiger partial charge in [-0.25, -0.2) is 0 Å². The third kappa shape index (κ3) is 3.06. The summed E-state index contributed by atoms with van der Waals surface area (Å²) in [5.41, 5.74) is 5.08. The predicted molar refractivity (Wildman–Crippen MR) is 95.0 cm³/mol. The summed E-state index contributed by atoms with van der Waals surface area (Å²) in [6.07, 6.45) is 0. The fourth-order valence-electron chi connectivity index (χ4n) is 2.74. The van der Waals surface area contributed by atoms with Gasteiger partial charge in [0, 0.05) is 48.5 Å². The molecule has 1 amide bonds. The van der Waals surface area contributed by atoms with Gasteiger partial charge in [0.15, 0.2) is 0 Å². The second-order valence-electron chi connectivity index (χ2n) is 5.90. The number of fused-ring (bicyclic) bond motifs is 1. The highest BCUT2D eigenvalue weighted by atomic mass is 16.1. The van der Waals surface area contributed by atoms with E-state index in [0.29, 0.717) is 12.1 Å². The van der Waals surface area contributed by atoms with Gasteiger partial charge in [0.2, 0.25) is 0 Å². The van der Waals surface area contributed by atoms with Gasteiger partial charge >= 0.3 is 0 Å². The Labute approximate surface area is 136 Å². The number of aromatic amines is 1. The lowest BCUT2D eigenvalue weighted by Gasteiger charge is -2.12. The lowest BCUT2D eigenvalue weighted by Crippen LogP contribution is -2.23. The quantitative estimate of drug-likeness (QED) is 0.775. The molecule has 0 radical (unpaired) electrons. The van der Waals surface area contributed by atoms with E-state index in [1.165, 1.54) is 0 Å². The van der Waals surface area contributed by atoms with Gasteiger partial charge in [0.1, 0.15) is 0 Å². The summed E-state index contributed by atoms with van der Waals surface area (Å²) >= 11 is 0. The maximum Gasteiger partial charge on any atom is 0.251 e. The van der Waals surface area contributed by atoms with Crippen LogP contribution in [0.2, 0.25) is 0 Å². The molecule has 23 heavy (non-hydrogen) atoms. The molecule has 3 aromatic rings. The van der Waals surface area contributed by atoms with Gasteiger partial charge in [0.25, 0.3) is 5.91 Å². The van der Waals surface area contributed by atoms with Crippen LogP contribution in [0.5, 0.6) is 0 Å². The highest BCUT2D eigenvalue weighted by Crippen LogP contribution is 2.21. The first-order chi connectivity index (χ1) is 11.1. The molecule has 0 bridgehead atoms. The van der Waals surface area contributed by atoms with E-state index < -0.39 is 0 Å². The van der Waals surface area contributed by atoms with Crippen LogP contribution in [0.1, 0.15) is 21.6 Å². The Hall–Kier alpha value is -2.75. The molecule has 2 aromatic carbocycles. The van der Waals surface area contributed by atoms with Crippen LogP contribution in [0.15, 0.2) is 48.5 Å². The van der Waals surface area contributed by atoms with Crippen LogP contribution in [0, 0.1) is 6.92 Å². The zero-order valence-corrected chi connectivity index (χ0v) is 13.7. The van der Waals surface area contributed by atoms with Crippen molar-refractivity contribution in [1.82, 2.24) is 10.3 Å². The molecule has 0 aliphatic carbocycles. The number of para-hydroxylation sites is 1. The van der Waals surface area contributed by atoms with Crippen molar-refractivity contribution >= 4 is 22.5 Å². The molecule has 0 fully saturated rings. The van der Waals surface area contributed by atoms with E-state index in [9.17, 15) is 4.79 Å². The number of carbonyl (C=O) groups is 1. The molecule has 0 spiro atoms. The van der Waals surface area contributed by atoms with Crippen LogP contribution in [-0.2, 0) is 6.54 Å². The van der Waals surface area contributed by atoms with Crippen molar-refractivity contribution in [3.05, 3.63) is 65.4 Å². The molecule has 4 heteroatoms. The van der Waals surface area contributed by atoms with E-state index in [2.05, 4.69) is 16.4 Å². The van der Waals surface area contributed by atoms with Crippen molar-refractivity contribution in [2.45, 2.75) is 13.5 Å². The molecule has 0 saturated heterocycles. The molecular formula is C19H21N3O. The molecule has 0 saturated carbocycles. The molecule has 0 unspecified atom stereocenters. The number of anilines is 1. The molecule has 1 heterocycles. The third-order valence-electron chi connectivity index (χ3n) is 4.10. The maximum atomic E-state index is 12.3. The van der Waals surface area contributed by atoms with Crippen LogP contribution < -0.4 is 10.2 Å². The minimum Gasteiger partial charge on any atom is -0.378 e. The van der Waals surface area contributed by atoms with E-state index in [1.807, 2.05) is 68.4 Å². The fourth-order valence-corrected chi connectivity index (χ4v) is 2.74. The minimum atomic E-state index is -0.0556. The first-order valence-corrected chi connectivity index (χ1v) is 7.68. The molecule has 2 N–H and O–H groups in total. The number of nitrogens with zero attached hydrogens (tertiary/aromatic N) is 1.